The van der Waals surface area contributed by atoms with Crippen molar-refractivity contribution in [3.63, 3.8) is 0 Å². The van der Waals surface area contributed by atoms with Gasteiger partial charge < -0.3 is 14.6 Å². The smallest absolute Gasteiger partial charge is 0.337 e. The highest BCUT2D eigenvalue weighted by Crippen LogP contribution is 2.41. The van der Waals surface area contributed by atoms with Gasteiger partial charge in [0, 0.05) is 15.3 Å². The molecule has 0 fully saturated rings. The van der Waals surface area contributed by atoms with Crippen LogP contribution >= 0.6 is 11.3 Å². The summed E-state index contributed by atoms with van der Waals surface area (Å²) in [4.78, 5) is 14.0. The van der Waals surface area contributed by atoms with Gasteiger partial charge in [0.05, 0.1) is 18.8 Å². The first-order chi connectivity index (χ1) is 10.2. The van der Waals surface area contributed by atoms with Crippen molar-refractivity contribution in [1.29, 1.82) is 0 Å². The summed E-state index contributed by atoms with van der Waals surface area (Å²) in [5, 5.41) is 9.68. The molecule has 0 amide bonds. The molecule has 0 bridgehead atoms. The van der Waals surface area contributed by atoms with E-state index in [4.69, 9.17) is 9.47 Å². The van der Waals surface area contributed by atoms with Crippen molar-refractivity contribution >= 4 is 22.9 Å². The van der Waals surface area contributed by atoms with Crippen LogP contribution in [0.1, 0.15) is 54.2 Å². The first-order valence-electron chi connectivity index (χ1n) is 7.48. The third kappa shape index (κ3) is 3.77. The van der Waals surface area contributed by atoms with Crippen LogP contribution in [0.5, 0.6) is 0 Å². The predicted octanol–water partition coefficient (Wildman–Crippen LogP) is 4.11. The van der Waals surface area contributed by atoms with Crippen molar-refractivity contribution in [2.24, 2.45) is 0 Å². The topological polar surface area (TPSA) is 55.8 Å². The monoisotopic (exact) mass is 324 g/mol. The lowest BCUT2D eigenvalue weighted by molar-refractivity contribution is -0.160. The zero-order valence-corrected chi connectivity index (χ0v) is 14.7. The van der Waals surface area contributed by atoms with Gasteiger partial charge in [0.2, 0.25) is 0 Å². The first kappa shape index (κ1) is 17.2. The minimum absolute atomic E-state index is 0.521. The molecule has 1 unspecified atom stereocenters. The Balaban J connectivity index is 2.52. The van der Waals surface area contributed by atoms with Gasteiger partial charge in [-0.3, -0.25) is 0 Å². The molecule has 0 saturated carbocycles. The molecule has 2 heterocycles. The van der Waals surface area contributed by atoms with Gasteiger partial charge >= 0.3 is 5.97 Å². The van der Waals surface area contributed by atoms with Gasteiger partial charge in [0.1, 0.15) is 0 Å². The second kappa shape index (κ2) is 6.52. The van der Waals surface area contributed by atoms with E-state index in [0.717, 1.165) is 27.3 Å². The number of carbonyl (C=O) groups is 1. The summed E-state index contributed by atoms with van der Waals surface area (Å²) in [5.41, 5.74) is 2.50. The third-order valence-corrected chi connectivity index (χ3v) is 4.59. The molecule has 0 aliphatic carbocycles. The lowest BCUT2D eigenvalue weighted by atomic mass is 9.93. The van der Waals surface area contributed by atoms with Crippen LogP contribution in [0.2, 0.25) is 0 Å². The molecule has 0 spiro atoms. The highest BCUT2D eigenvalue weighted by atomic mass is 32.1. The summed E-state index contributed by atoms with van der Waals surface area (Å²) in [7, 11) is 0. The molecule has 1 aliphatic rings. The summed E-state index contributed by atoms with van der Waals surface area (Å²) in [6.45, 7) is 10.9. The SMILES string of the molecule is Cc1sc(C)c(C(OC(C)(C)C)C(=O)O)c1C1=CCOCC1. The zero-order valence-electron chi connectivity index (χ0n) is 13.9. The number of rotatable bonds is 4. The maximum atomic E-state index is 11.8. The molecule has 0 aromatic carbocycles. The van der Waals surface area contributed by atoms with E-state index in [1.165, 1.54) is 5.57 Å². The normalized spacial score (nSPS) is 17.2. The van der Waals surface area contributed by atoms with Crippen molar-refractivity contribution in [3.8, 4) is 0 Å². The Morgan fingerprint density at radius 3 is 2.55 bits per heavy atom. The average molecular weight is 324 g/mol. The lowest BCUT2D eigenvalue weighted by Gasteiger charge is -2.27. The Morgan fingerprint density at radius 2 is 2.05 bits per heavy atom. The Morgan fingerprint density at radius 1 is 1.36 bits per heavy atom. The Bertz CT molecular complexity index is 593. The number of ether oxygens (including phenoxy) is 2. The molecule has 4 nitrogen and oxygen atoms in total. The number of carboxylic acids is 1. The molecular weight excluding hydrogens is 300 g/mol. The van der Waals surface area contributed by atoms with E-state index >= 15 is 0 Å². The van der Waals surface area contributed by atoms with Gasteiger partial charge in [-0.25, -0.2) is 4.79 Å². The Kier molecular flexibility index (Phi) is 5.10. The number of aryl methyl sites for hydroxylation is 2. The summed E-state index contributed by atoms with van der Waals surface area (Å²) in [5.74, 6) is -0.940. The standard InChI is InChI=1S/C17H24O4S/c1-10-13(12-6-8-20-9-7-12)14(11(2)22-10)15(16(18)19)21-17(3,4)5/h6,15H,7-9H2,1-5H3,(H,18,19). The van der Waals surface area contributed by atoms with E-state index in [0.29, 0.717) is 13.2 Å². The quantitative estimate of drug-likeness (QED) is 0.905. The van der Waals surface area contributed by atoms with E-state index in [-0.39, 0.29) is 0 Å². The predicted molar refractivity (Wildman–Crippen MR) is 88.4 cm³/mol. The summed E-state index contributed by atoms with van der Waals surface area (Å²) >= 11 is 1.64. The molecule has 1 aromatic rings. The molecule has 1 atom stereocenters. The Labute approximate surface area is 135 Å². The van der Waals surface area contributed by atoms with Crippen LogP contribution in [0.3, 0.4) is 0 Å². The zero-order chi connectivity index (χ0) is 16.5. The first-order valence-corrected chi connectivity index (χ1v) is 8.30. The average Bonchev–Trinajstić information content (AvgIpc) is 2.70. The number of thiophene rings is 1. The van der Waals surface area contributed by atoms with Gasteiger partial charge in [-0.2, -0.15) is 0 Å². The van der Waals surface area contributed by atoms with Crippen LogP contribution in [0.4, 0.5) is 0 Å². The van der Waals surface area contributed by atoms with Crippen molar-refractivity contribution in [3.05, 3.63) is 27.0 Å². The van der Waals surface area contributed by atoms with Crippen molar-refractivity contribution < 1.29 is 19.4 Å². The van der Waals surface area contributed by atoms with E-state index in [1.807, 2.05) is 34.6 Å². The van der Waals surface area contributed by atoms with Gasteiger partial charge in [-0.1, -0.05) is 6.08 Å². The fraction of sp³-hybridized carbons (Fsp3) is 0.588. The molecule has 5 heteroatoms. The fourth-order valence-corrected chi connectivity index (χ4v) is 3.88. The van der Waals surface area contributed by atoms with Crippen LogP contribution < -0.4 is 0 Å². The molecule has 122 valence electrons. The fourth-order valence-electron chi connectivity index (χ4n) is 2.76. The van der Waals surface area contributed by atoms with Crippen molar-refractivity contribution in [2.75, 3.05) is 13.2 Å². The van der Waals surface area contributed by atoms with E-state index in [2.05, 4.69) is 6.08 Å². The summed E-state index contributed by atoms with van der Waals surface area (Å²) < 4.78 is 11.2. The molecule has 22 heavy (non-hydrogen) atoms. The highest BCUT2D eigenvalue weighted by molar-refractivity contribution is 7.12. The lowest BCUT2D eigenvalue weighted by Crippen LogP contribution is -2.28. The number of hydrogen-bond acceptors (Lipinski definition) is 4. The molecule has 1 N–H and O–H groups in total. The minimum atomic E-state index is -0.941. The van der Waals surface area contributed by atoms with Crippen LogP contribution in [-0.2, 0) is 14.3 Å². The molecule has 1 aromatic heterocycles. The van der Waals surface area contributed by atoms with Crippen molar-refractivity contribution in [2.45, 2.75) is 52.7 Å². The molecule has 0 radical (unpaired) electrons. The third-order valence-electron chi connectivity index (χ3n) is 3.55. The summed E-state index contributed by atoms with van der Waals surface area (Å²) in [6, 6.07) is 0. The van der Waals surface area contributed by atoms with Gasteiger partial charge in [0.15, 0.2) is 6.10 Å². The van der Waals surface area contributed by atoms with Crippen LogP contribution in [0, 0.1) is 13.8 Å². The second-order valence-corrected chi connectivity index (χ2v) is 7.93. The number of aliphatic carboxylic acids is 1. The molecular formula is C17H24O4S. The van der Waals surface area contributed by atoms with Crippen LogP contribution in [-0.4, -0.2) is 29.9 Å². The van der Waals surface area contributed by atoms with E-state index in [9.17, 15) is 9.90 Å². The maximum absolute atomic E-state index is 11.8. The van der Waals surface area contributed by atoms with Gasteiger partial charge in [-0.05, 0) is 52.2 Å². The molecule has 1 aliphatic heterocycles. The van der Waals surface area contributed by atoms with E-state index in [1.54, 1.807) is 11.3 Å². The number of carboxylic acid groups (broad SMARTS) is 1. The minimum Gasteiger partial charge on any atom is -0.479 e. The van der Waals surface area contributed by atoms with Crippen LogP contribution in [0.25, 0.3) is 5.57 Å². The highest BCUT2D eigenvalue weighted by Gasteiger charge is 2.33. The van der Waals surface area contributed by atoms with Gasteiger partial charge in [-0.15, -0.1) is 11.3 Å². The van der Waals surface area contributed by atoms with Gasteiger partial charge in [0.25, 0.3) is 0 Å². The Hall–Kier alpha value is -1.17. The largest absolute Gasteiger partial charge is 0.479 e. The van der Waals surface area contributed by atoms with Crippen LogP contribution in [0.15, 0.2) is 6.08 Å². The van der Waals surface area contributed by atoms with E-state index < -0.39 is 17.7 Å². The summed E-state index contributed by atoms with van der Waals surface area (Å²) in [6.07, 6.45) is 1.92. The molecule has 2 rings (SSSR count). The molecule has 0 saturated heterocycles. The second-order valence-electron chi connectivity index (χ2n) is 6.51. The number of hydrogen-bond donors (Lipinski definition) is 1. The maximum Gasteiger partial charge on any atom is 0.337 e. The van der Waals surface area contributed by atoms with Crippen molar-refractivity contribution in [1.82, 2.24) is 0 Å².